The van der Waals surface area contributed by atoms with E-state index in [0.717, 1.165) is 5.56 Å². The van der Waals surface area contributed by atoms with Gasteiger partial charge in [0, 0.05) is 5.56 Å². The summed E-state index contributed by atoms with van der Waals surface area (Å²) in [6.07, 6.45) is 1.46. The molecule has 12 heavy (non-hydrogen) atoms. The van der Waals surface area contributed by atoms with Crippen LogP contribution >= 0.6 is 0 Å². The Hall–Kier alpha value is -1.44. The summed E-state index contributed by atoms with van der Waals surface area (Å²) in [5.74, 6) is -0.464. The highest BCUT2D eigenvalue weighted by Gasteiger charge is 2.22. The largest absolute Gasteiger partial charge is 0.291 e. The predicted molar refractivity (Wildman–Crippen MR) is 44.3 cm³/mol. The second-order valence-electron chi connectivity index (χ2n) is 2.73. The molecule has 0 radical (unpaired) electrons. The summed E-state index contributed by atoms with van der Waals surface area (Å²) >= 11 is 0. The number of alkyl halides is 1. The van der Waals surface area contributed by atoms with Gasteiger partial charge in [0.25, 0.3) is 0 Å². The maximum atomic E-state index is 13.2. The van der Waals surface area contributed by atoms with Gasteiger partial charge in [-0.15, -0.1) is 0 Å². The van der Waals surface area contributed by atoms with Crippen molar-refractivity contribution in [3.05, 3.63) is 41.5 Å². The molecule has 60 valence electrons. The SMILES string of the molecule is O=C1C=Cc2ccccc2C1F. The number of carbonyl (C=O) groups excluding carboxylic acids is 1. The predicted octanol–water partition coefficient (Wildman–Crippen LogP) is 2.29. The van der Waals surface area contributed by atoms with Crippen molar-refractivity contribution in [2.45, 2.75) is 6.17 Å². The molecule has 2 heteroatoms. The Bertz CT molecular complexity index is 355. The number of halogens is 1. The van der Waals surface area contributed by atoms with Crippen LogP contribution < -0.4 is 0 Å². The van der Waals surface area contributed by atoms with Crippen LogP contribution in [0.1, 0.15) is 17.3 Å². The van der Waals surface area contributed by atoms with Crippen LogP contribution in [0.25, 0.3) is 6.08 Å². The Labute approximate surface area is 69.5 Å². The van der Waals surface area contributed by atoms with E-state index in [1.807, 2.05) is 6.07 Å². The Morgan fingerprint density at radius 1 is 1.17 bits per heavy atom. The van der Waals surface area contributed by atoms with E-state index in [0.29, 0.717) is 5.56 Å². The van der Waals surface area contributed by atoms with Crippen LogP contribution in [0.3, 0.4) is 0 Å². The number of benzene rings is 1. The van der Waals surface area contributed by atoms with Gasteiger partial charge in [0.2, 0.25) is 0 Å². The lowest BCUT2D eigenvalue weighted by Gasteiger charge is -2.12. The normalized spacial score (nSPS) is 20.8. The second-order valence-corrected chi connectivity index (χ2v) is 2.73. The zero-order valence-electron chi connectivity index (χ0n) is 6.33. The van der Waals surface area contributed by atoms with Gasteiger partial charge in [0.15, 0.2) is 12.0 Å². The summed E-state index contributed by atoms with van der Waals surface area (Å²) in [4.78, 5) is 10.9. The average molecular weight is 162 g/mol. The van der Waals surface area contributed by atoms with Crippen molar-refractivity contribution in [2.24, 2.45) is 0 Å². The van der Waals surface area contributed by atoms with Gasteiger partial charge >= 0.3 is 0 Å². The Morgan fingerprint density at radius 2 is 1.92 bits per heavy atom. The van der Waals surface area contributed by atoms with Crippen molar-refractivity contribution in [1.82, 2.24) is 0 Å². The molecule has 0 amide bonds. The third-order valence-electron chi connectivity index (χ3n) is 1.95. The smallest absolute Gasteiger partial charge is 0.194 e. The maximum absolute atomic E-state index is 13.2. The van der Waals surface area contributed by atoms with E-state index in [1.54, 1.807) is 24.3 Å². The molecule has 2 rings (SSSR count). The van der Waals surface area contributed by atoms with Gasteiger partial charge in [-0.05, 0) is 11.6 Å². The first-order chi connectivity index (χ1) is 5.79. The van der Waals surface area contributed by atoms with Crippen LogP contribution in [0.15, 0.2) is 30.3 Å². The van der Waals surface area contributed by atoms with E-state index in [1.165, 1.54) is 6.08 Å². The van der Waals surface area contributed by atoms with Crippen molar-refractivity contribution < 1.29 is 9.18 Å². The molecule has 0 heterocycles. The van der Waals surface area contributed by atoms with Crippen molar-refractivity contribution in [3.8, 4) is 0 Å². The van der Waals surface area contributed by atoms with Gasteiger partial charge in [0.05, 0.1) is 0 Å². The molecule has 1 aliphatic rings. The third-order valence-corrected chi connectivity index (χ3v) is 1.95. The van der Waals surface area contributed by atoms with Crippen LogP contribution in [0, 0.1) is 0 Å². The molecule has 0 N–H and O–H groups in total. The number of allylic oxidation sites excluding steroid dienone is 1. The summed E-state index contributed by atoms with van der Waals surface area (Å²) in [5, 5.41) is 0. The monoisotopic (exact) mass is 162 g/mol. The maximum Gasteiger partial charge on any atom is 0.194 e. The van der Waals surface area contributed by atoms with Crippen LogP contribution in [0.2, 0.25) is 0 Å². The van der Waals surface area contributed by atoms with Crippen LogP contribution in [-0.4, -0.2) is 5.78 Å². The minimum absolute atomic E-state index is 0.464. The topological polar surface area (TPSA) is 17.1 Å². The summed E-state index contributed by atoms with van der Waals surface area (Å²) in [6.45, 7) is 0. The van der Waals surface area contributed by atoms with Crippen molar-refractivity contribution in [1.29, 1.82) is 0 Å². The quantitative estimate of drug-likeness (QED) is 0.572. The molecule has 1 aromatic rings. The van der Waals surface area contributed by atoms with Gasteiger partial charge in [0.1, 0.15) is 0 Å². The Kier molecular flexibility index (Phi) is 1.54. The number of rotatable bonds is 0. The highest BCUT2D eigenvalue weighted by molar-refractivity contribution is 6.00. The Morgan fingerprint density at radius 3 is 2.75 bits per heavy atom. The molecule has 1 aliphatic carbocycles. The van der Waals surface area contributed by atoms with E-state index in [4.69, 9.17) is 0 Å². The first kappa shape index (κ1) is 7.22. The number of hydrogen-bond acceptors (Lipinski definition) is 1. The first-order valence-corrected chi connectivity index (χ1v) is 3.74. The highest BCUT2D eigenvalue weighted by Crippen LogP contribution is 2.27. The lowest BCUT2D eigenvalue weighted by atomic mass is 9.95. The van der Waals surface area contributed by atoms with E-state index in [2.05, 4.69) is 0 Å². The van der Waals surface area contributed by atoms with Gasteiger partial charge in [-0.25, -0.2) is 4.39 Å². The van der Waals surface area contributed by atoms with Gasteiger partial charge < -0.3 is 0 Å². The molecule has 0 aliphatic heterocycles. The van der Waals surface area contributed by atoms with Gasteiger partial charge in [-0.3, -0.25) is 4.79 Å². The lowest BCUT2D eigenvalue weighted by molar-refractivity contribution is -0.119. The van der Waals surface area contributed by atoms with E-state index in [-0.39, 0.29) is 0 Å². The lowest BCUT2D eigenvalue weighted by Crippen LogP contribution is -2.09. The number of hydrogen-bond donors (Lipinski definition) is 0. The highest BCUT2D eigenvalue weighted by atomic mass is 19.1. The second kappa shape index (κ2) is 2.55. The minimum Gasteiger partial charge on any atom is -0.291 e. The first-order valence-electron chi connectivity index (χ1n) is 3.74. The summed E-state index contributed by atoms with van der Waals surface area (Å²) in [5.41, 5.74) is 1.27. The fraction of sp³-hybridized carbons (Fsp3) is 0.100. The average Bonchev–Trinajstić information content (AvgIpc) is 2.12. The van der Waals surface area contributed by atoms with Crippen molar-refractivity contribution >= 4 is 11.9 Å². The summed E-state index contributed by atoms with van der Waals surface area (Å²) in [7, 11) is 0. The molecule has 0 aromatic heterocycles. The van der Waals surface area contributed by atoms with E-state index in [9.17, 15) is 9.18 Å². The fourth-order valence-corrected chi connectivity index (χ4v) is 1.30. The molecule has 0 fully saturated rings. The zero-order chi connectivity index (χ0) is 8.55. The number of carbonyl (C=O) groups is 1. The summed E-state index contributed by atoms with van der Waals surface area (Å²) in [6, 6.07) is 7.00. The number of ketones is 1. The van der Waals surface area contributed by atoms with Crippen molar-refractivity contribution in [2.75, 3.05) is 0 Å². The number of fused-ring (bicyclic) bond motifs is 1. The molecular weight excluding hydrogens is 155 g/mol. The molecule has 0 bridgehead atoms. The van der Waals surface area contributed by atoms with Crippen molar-refractivity contribution in [3.63, 3.8) is 0 Å². The molecule has 1 unspecified atom stereocenters. The zero-order valence-corrected chi connectivity index (χ0v) is 6.33. The molecule has 0 saturated carbocycles. The molecule has 1 aromatic carbocycles. The van der Waals surface area contributed by atoms with E-state index >= 15 is 0 Å². The minimum atomic E-state index is -1.47. The van der Waals surface area contributed by atoms with Crippen LogP contribution in [-0.2, 0) is 4.79 Å². The Balaban J connectivity index is 2.59. The molecular formula is C10H7FO. The summed E-state index contributed by atoms with van der Waals surface area (Å²) < 4.78 is 13.2. The molecule has 1 atom stereocenters. The van der Waals surface area contributed by atoms with Crippen LogP contribution in [0.4, 0.5) is 4.39 Å². The van der Waals surface area contributed by atoms with Crippen LogP contribution in [0.5, 0.6) is 0 Å². The standard InChI is InChI=1S/C10H7FO/c11-10-8-4-2-1-3-7(8)5-6-9(10)12/h1-6,10H. The molecule has 0 saturated heterocycles. The van der Waals surface area contributed by atoms with Gasteiger partial charge in [-0.1, -0.05) is 30.3 Å². The fourth-order valence-electron chi connectivity index (χ4n) is 1.30. The third kappa shape index (κ3) is 0.961. The van der Waals surface area contributed by atoms with Gasteiger partial charge in [-0.2, -0.15) is 0 Å². The van der Waals surface area contributed by atoms with E-state index < -0.39 is 12.0 Å². The molecule has 1 nitrogen and oxygen atoms in total. The molecule has 0 spiro atoms.